The minimum atomic E-state index is -0.804. The minimum Gasteiger partial charge on any atom is -0.508 e. The maximum absolute atomic E-state index is 12.5. The Balaban J connectivity index is 1.98. The van der Waals surface area contributed by atoms with Gasteiger partial charge in [0.2, 0.25) is 0 Å². The molecule has 0 atom stereocenters. The van der Waals surface area contributed by atoms with Crippen molar-refractivity contribution in [2.24, 2.45) is 14.1 Å². The summed E-state index contributed by atoms with van der Waals surface area (Å²) in [5.74, 6) is -0.752. The molecule has 0 aliphatic rings. The number of nitrogens with zero attached hydrogens (tertiary/aromatic N) is 4. The molecule has 3 rings (SSSR count). The molecular weight excluding hydrogens is 316 g/mol. The Morgan fingerprint density at radius 2 is 2.04 bits per heavy atom. The van der Waals surface area contributed by atoms with Crippen LogP contribution >= 0.6 is 0 Å². The van der Waals surface area contributed by atoms with Crippen molar-refractivity contribution < 1.29 is 14.6 Å². The van der Waals surface area contributed by atoms with Crippen LogP contribution in [0.25, 0.3) is 11.2 Å². The van der Waals surface area contributed by atoms with Crippen LogP contribution < -0.4 is 16.0 Å². The van der Waals surface area contributed by atoms with Gasteiger partial charge < -0.3 is 14.4 Å². The van der Waals surface area contributed by atoms with Crippen LogP contribution in [0.2, 0.25) is 0 Å². The van der Waals surface area contributed by atoms with Gasteiger partial charge in [0.1, 0.15) is 18.0 Å². The van der Waals surface area contributed by atoms with Crippen molar-refractivity contribution in [2.45, 2.75) is 6.54 Å². The number of esters is 1. The average molecular weight is 330 g/mol. The number of aryl methyl sites for hydroxylation is 2. The topological polar surface area (TPSA) is 108 Å². The number of aromatic hydroxyl groups is 1. The second kappa shape index (κ2) is 5.69. The first-order valence-electron chi connectivity index (χ1n) is 6.99. The van der Waals surface area contributed by atoms with Gasteiger partial charge in [0, 0.05) is 20.2 Å². The molecular formula is C15H14N4O5. The lowest BCUT2D eigenvalue weighted by Crippen LogP contribution is -2.42. The number of phenolic OH excluding ortho intramolecular Hbond substituents is 1. The zero-order valence-electron chi connectivity index (χ0n) is 13.0. The zero-order valence-corrected chi connectivity index (χ0v) is 13.0. The number of hydrogen-bond donors (Lipinski definition) is 1. The zero-order chi connectivity index (χ0) is 17.4. The molecule has 9 nitrogen and oxygen atoms in total. The van der Waals surface area contributed by atoms with E-state index in [9.17, 15) is 19.5 Å². The highest BCUT2D eigenvalue weighted by Gasteiger charge is 2.17. The Kier molecular flexibility index (Phi) is 3.68. The third kappa shape index (κ3) is 2.56. The Bertz CT molecular complexity index is 1060. The maximum atomic E-state index is 12.5. The van der Waals surface area contributed by atoms with Crippen molar-refractivity contribution in [3.8, 4) is 11.5 Å². The summed E-state index contributed by atoms with van der Waals surface area (Å²) >= 11 is 0. The summed E-state index contributed by atoms with van der Waals surface area (Å²) in [6.45, 7) is -0.553. The van der Waals surface area contributed by atoms with E-state index in [1.165, 1.54) is 46.8 Å². The van der Waals surface area contributed by atoms with Gasteiger partial charge in [-0.2, -0.15) is 0 Å². The number of imidazole rings is 1. The number of benzene rings is 1. The highest BCUT2D eigenvalue weighted by Crippen LogP contribution is 2.17. The summed E-state index contributed by atoms with van der Waals surface area (Å²) in [7, 11) is 3.09. The van der Waals surface area contributed by atoms with Gasteiger partial charge in [-0.15, -0.1) is 0 Å². The molecule has 24 heavy (non-hydrogen) atoms. The van der Waals surface area contributed by atoms with Crippen molar-refractivity contribution in [3.63, 3.8) is 0 Å². The van der Waals surface area contributed by atoms with E-state index in [-0.39, 0.29) is 22.7 Å². The third-order valence-corrected chi connectivity index (χ3v) is 3.54. The predicted molar refractivity (Wildman–Crippen MR) is 84.0 cm³/mol. The van der Waals surface area contributed by atoms with E-state index in [2.05, 4.69) is 4.98 Å². The minimum absolute atomic E-state index is 0.0651. The number of phenols is 1. The standard InChI is InChI=1S/C15H14N4O5/c1-17-8-16-13-12(17)14(22)19(15(23)18(13)2)7-11(21)24-10-5-3-4-9(20)6-10/h3-6,8,20H,7H2,1-2H3. The molecule has 0 amide bonds. The van der Waals surface area contributed by atoms with Gasteiger partial charge in [-0.25, -0.2) is 19.1 Å². The number of rotatable bonds is 3. The maximum Gasteiger partial charge on any atom is 0.333 e. The van der Waals surface area contributed by atoms with Gasteiger partial charge in [-0.1, -0.05) is 6.07 Å². The largest absolute Gasteiger partial charge is 0.508 e. The summed E-state index contributed by atoms with van der Waals surface area (Å²) in [6.07, 6.45) is 1.42. The van der Waals surface area contributed by atoms with Crippen LogP contribution in [-0.2, 0) is 25.4 Å². The van der Waals surface area contributed by atoms with Gasteiger partial charge in [0.25, 0.3) is 5.56 Å². The van der Waals surface area contributed by atoms with Crippen molar-refractivity contribution in [1.82, 2.24) is 18.7 Å². The highest BCUT2D eigenvalue weighted by molar-refractivity contribution is 5.74. The van der Waals surface area contributed by atoms with Crippen LogP contribution in [-0.4, -0.2) is 29.8 Å². The van der Waals surface area contributed by atoms with E-state index in [0.717, 1.165) is 4.57 Å². The quantitative estimate of drug-likeness (QED) is 0.524. The molecule has 1 N–H and O–H groups in total. The number of carbonyl (C=O) groups is 1. The molecule has 2 heterocycles. The van der Waals surface area contributed by atoms with Crippen molar-refractivity contribution in [3.05, 3.63) is 51.4 Å². The lowest BCUT2D eigenvalue weighted by molar-refractivity contribution is -0.135. The summed E-state index contributed by atoms with van der Waals surface area (Å²) in [6, 6.07) is 5.66. The fraction of sp³-hybridized carbons (Fsp3) is 0.200. The first kappa shape index (κ1) is 15.5. The van der Waals surface area contributed by atoms with Crippen LogP contribution in [0.1, 0.15) is 0 Å². The molecule has 9 heteroatoms. The van der Waals surface area contributed by atoms with E-state index in [4.69, 9.17) is 4.74 Å². The average Bonchev–Trinajstić information content (AvgIpc) is 2.91. The monoisotopic (exact) mass is 330 g/mol. The molecule has 1 aromatic carbocycles. The van der Waals surface area contributed by atoms with Crippen LogP contribution in [0.4, 0.5) is 0 Å². The van der Waals surface area contributed by atoms with E-state index in [1.54, 1.807) is 7.05 Å². The van der Waals surface area contributed by atoms with Gasteiger partial charge in [-0.05, 0) is 12.1 Å². The molecule has 0 spiro atoms. The van der Waals surface area contributed by atoms with Gasteiger partial charge >= 0.3 is 11.7 Å². The lowest BCUT2D eigenvalue weighted by Gasteiger charge is -2.09. The number of ether oxygens (including phenoxy) is 1. The summed E-state index contributed by atoms with van der Waals surface area (Å²) in [5, 5.41) is 9.36. The van der Waals surface area contributed by atoms with Crippen LogP contribution in [0.3, 0.4) is 0 Å². The molecule has 124 valence electrons. The van der Waals surface area contributed by atoms with Crippen LogP contribution in [0, 0.1) is 0 Å². The molecule has 0 aliphatic carbocycles. The van der Waals surface area contributed by atoms with E-state index < -0.39 is 23.8 Å². The third-order valence-electron chi connectivity index (χ3n) is 3.54. The Morgan fingerprint density at radius 3 is 2.75 bits per heavy atom. The SMILES string of the molecule is Cn1cnc2c1c(=O)n(CC(=O)Oc1cccc(O)c1)c(=O)n2C. The molecule has 0 fully saturated rings. The van der Waals surface area contributed by atoms with Crippen LogP contribution in [0.5, 0.6) is 11.5 Å². The normalized spacial score (nSPS) is 10.9. The summed E-state index contributed by atoms with van der Waals surface area (Å²) in [4.78, 5) is 40.8. The summed E-state index contributed by atoms with van der Waals surface area (Å²) < 4.78 is 8.50. The Hall–Kier alpha value is -3.36. The fourth-order valence-corrected chi connectivity index (χ4v) is 2.38. The Morgan fingerprint density at radius 1 is 1.29 bits per heavy atom. The van der Waals surface area contributed by atoms with Crippen molar-refractivity contribution in [2.75, 3.05) is 0 Å². The molecule has 0 saturated heterocycles. The first-order chi connectivity index (χ1) is 11.4. The van der Waals surface area contributed by atoms with E-state index in [0.29, 0.717) is 0 Å². The van der Waals surface area contributed by atoms with Gasteiger partial charge in [0.05, 0.1) is 6.33 Å². The lowest BCUT2D eigenvalue weighted by atomic mass is 10.3. The molecule has 2 aromatic heterocycles. The molecule has 0 radical (unpaired) electrons. The van der Waals surface area contributed by atoms with Crippen LogP contribution in [0.15, 0.2) is 40.2 Å². The van der Waals surface area contributed by atoms with E-state index >= 15 is 0 Å². The van der Waals surface area contributed by atoms with Gasteiger partial charge in [0.15, 0.2) is 11.2 Å². The smallest absolute Gasteiger partial charge is 0.333 e. The number of carbonyl (C=O) groups excluding carboxylic acids is 1. The van der Waals surface area contributed by atoms with Crippen molar-refractivity contribution in [1.29, 1.82) is 0 Å². The highest BCUT2D eigenvalue weighted by atomic mass is 16.5. The van der Waals surface area contributed by atoms with Crippen molar-refractivity contribution >= 4 is 17.1 Å². The molecule has 0 saturated carbocycles. The molecule has 3 aromatic rings. The fourth-order valence-electron chi connectivity index (χ4n) is 2.38. The number of fused-ring (bicyclic) bond motifs is 1. The van der Waals surface area contributed by atoms with E-state index in [1.807, 2.05) is 0 Å². The molecule has 0 bridgehead atoms. The summed E-state index contributed by atoms with van der Waals surface area (Å²) in [5.41, 5.74) is -0.840. The number of aromatic nitrogens is 4. The van der Waals surface area contributed by atoms with Gasteiger partial charge in [-0.3, -0.25) is 9.36 Å². The predicted octanol–water partition coefficient (Wildman–Crippen LogP) is -0.255. The molecule has 0 unspecified atom stereocenters. The first-order valence-corrected chi connectivity index (χ1v) is 6.99. The second-order valence-corrected chi connectivity index (χ2v) is 5.23. The molecule has 0 aliphatic heterocycles. The number of hydrogen-bond acceptors (Lipinski definition) is 6. The second-order valence-electron chi connectivity index (χ2n) is 5.23. The Labute approximate surface area is 135 Å².